The molecule has 2 amide bonds. The van der Waals surface area contributed by atoms with Gasteiger partial charge in [-0.15, -0.1) is 0 Å². The van der Waals surface area contributed by atoms with Crippen molar-refractivity contribution in [2.24, 2.45) is 5.73 Å². The van der Waals surface area contributed by atoms with Crippen molar-refractivity contribution >= 4 is 11.8 Å². The number of amides is 2. The van der Waals surface area contributed by atoms with Gasteiger partial charge in [0.05, 0.1) is 5.56 Å². The number of carbonyl (C=O) groups is 2. The zero-order chi connectivity index (χ0) is 15.4. The number of nitrogens with two attached hydrogens (primary N) is 1. The van der Waals surface area contributed by atoms with Gasteiger partial charge in [-0.3, -0.25) is 9.59 Å². The number of nitrogens with zero attached hydrogens (tertiary/aromatic N) is 1. The molecule has 0 aliphatic carbocycles. The molecule has 1 atom stereocenters. The molecule has 6 heteroatoms. The van der Waals surface area contributed by atoms with E-state index in [1.165, 1.54) is 17.0 Å². The third kappa shape index (κ3) is 3.20. The van der Waals surface area contributed by atoms with Crippen molar-refractivity contribution in [1.82, 2.24) is 4.90 Å². The lowest BCUT2D eigenvalue weighted by Crippen LogP contribution is -2.43. The number of primary amides is 1. The maximum atomic E-state index is 14.0. The first-order chi connectivity index (χ1) is 10.0. The predicted molar refractivity (Wildman–Crippen MR) is 73.6 cm³/mol. The molecule has 110 valence electrons. The Hall–Kier alpha value is -2.39. The summed E-state index contributed by atoms with van der Waals surface area (Å²) in [5, 5.41) is 8.59. The molecular weight excluding hydrogens is 275 g/mol. The van der Waals surface area contributed by atoms with Crippen LogP contribution < -0.4 is 5.73 Å². The lowest BCUT2D eigenvalue weighted by Gasteiger charge is -2.22. The Balaban J connectivity index is 2.25. The predicted octanol–water partition coefficient (Wildman–Crippen LogP) is 0.259. The van der Waals surface area contributed by atoms with Crippen LogP contribution in [0.15, 0.2) is 18.2 Å². The molecule has 0 aromatic heterocycles. The Bertz CT molecular complexity index is 634. The molecule has 5 nitrogen and oxygen atoms in total. The van der Waals surface area contributed by atoms with E-state index in [0.717, 1.165) is 6.07 Å². The lowest BCUT2D eigenvalue weighted by atomic mass is 10.1. The van der Waals surface area contributed by atoms with Crippen molar-refractivity contribution in [2.45, 2.75) is 18.9 Å². The zero-order valence-electron chi connectivity index (χ0n) is 11.3. The molecule has 1 aromatic rings. The van der Waals surface area contributed by atoms with Crippen LogP contribution in [0, 0.1) is 17.7 Å². The SMILES string of the molecule is NC(=O)C1CCCN1C(=O)c1ccc(C#CCO)cc1F. The lowest BCUT2D eigenvalue weighted by molar-refractivity contribution is -0.121. The van der Waals surface area contributed by atoms with Crippen LogP contribution in [-0.2, 0) is 4.79 Å². The van der Waals surface area contributed by atoms with Gasteiger partial charge in [-0.05, 0) is 31.0 Å². The second kappa shape index (κ2) is 6.37. The normalized spacial score (nSPS) is 17.2. The molecule has 1 aliphatic heterocycles. The van der Waals surface area contributed by atoms with E-state index in [2.05, 4.69) is 11.8 Å². The number of rotatable bonds is 2. The van der Waals surface area contributed by atoms with E-state index in [9.17, 15) is 14.0 Å². The van der Waals surface area contributed by atoms with Crippen molar-refractivity contribution in [2.75, 3.05) is 13.2 Å². The van der Waals surface area contributed by atoms with Gasteiger partial charge in [0.25, 0.3) is 5.91 Å². The van der Waals surface area contributed by atoms with Crippen LogP contribution in [0.2, 0.25) is 0 Å². The quantitative estimate of drug-likeness (QED) is 0.766. The van der Waals surface area contributed by atoms with Crippen molar-refractivity contribution in [3.05, 3.63) is 35.1 Å². The number of benzene rings is 1. The van der Waals surface area contributed by atoms with Gasteiger partial charge in [-0.1, -0.05) is 11.8 Å². The molecule has 2 rings (SSSR count). The number of aliphatic hydroxyl groups is 1. The zero-order valence-corrected chi connectivity index (χ0v) is 11.3. The van der Waals surface area contributed by atoms with Gasteiger partial charge in [0, 0.05) is 12.1 Å². The highest BCUT2D eigenvalue weighted by atomic mass is 19.1. The second-order valence-corrected chi connectivity index (χ2v) is 4.71. The van der Waals surface area contributed by atoms with E-state index in [1.807, 2.05) is 0 Å². The number of aliphatic hydroxyl groups excluding tert-OH is 1. The minimum atomic E-state index is -0.708. The summed E-state index contributed by atoms with van der Waals surface area (Å²) in [4.78, 5) is 24.9. The fraction of sp³-hybridized carbons (Fsp3) is 0.333. The van der Waals surface area contributed by atoms with E-state index in [1.54, 1.807) is 0 Å². The van der Waals surface area contributed by atoms with Crippen LogP contribution >= 0.6 is 0 Å². The van der Waals surface area contributed by atoms with Crippen molar-refractivity contribution in [3.63, 3.8) is 0 Å². The van der Waals surface area contributed by atoms with Crippen molar-refractivity contribution in [3.8, 4) is 11.8 Å². The Morgan fingerprint density at radius 3 is 2.86 bits per heavy atom. The largest absolute Gasteiger partial charge is 0.384 e. The number of likely N-dealkylation sites (tertiary alicyclic amines) is 1. The van der Waals surface area contributed by atoms with E-state index in [0.29, 0.717) is 24.9 Å². The highest BCUT2D eigenvalue weighted by Gasteiger charge is 2.34. The van der Waals surface area contributed by atoms with E-state index in [4.69, 9.17) is 10.8 Å². The fourth-order valence-corrected chi connectivity index (χ4v) is 2.37. The van der Waals surface area contributed by atoms with Crippen LogP contribution in [0.5, 0.6) is 0 Å². The summed E-state index contributed by atoms with van der Waals surface area (Å²) < 4.78 is 14.0. The number of halogens is 1. The highest BCUT2D eigenvalue weighted by Crippen LogP contribution is 2.21. The molecule has 1 aliphatic rings. The maximum absolute atomic E-state index is 14.0. The van der Waals surface area contributed by atoms with Crippen LogP contribution in [0.3, 0.4) is 0 Å². The molecule has 1 fully saturated rings. The Morgan fingerprint density at radius 2 is 2.24 bits per heavy atom. The minimum Gasteiger partial charge on any atom is -0.384 e. The molecule has 0 radical (unpaired) electrons. The second-order valence-electron chi connectivity index (χ2n) is 4.71. The summed E-state index contributed by atoms with van der Waals surface area (Å²) >= 11 is 0. The molecule has 0 saturated carbocycles. The molecule has 0 bridgehead atoms. The van der Waals surface area contributed by atoms with Gasteiger partial charge < -0.3 is 15.7 Å². The average Bonchev–Trinajstić information content (AvgIpc) is 2.94. The highest BCUT2D eigenvalue weighted by molar-refractivity contribution is 5.98. The van der Waals surface area contributed by atoms with Crippen LogP contribution in [0.4, 0.5) is 4.39 Å². The van der Waals surface area contributed by atoms with Gasteiger partial charge in [-0.25, -0.2) is 4.39 Å². The van der Waals surface area contributed by atoms with Crippen LogP contribution in [0.25, 0.3) is 0 Å². The van der Waals surface area contributed by atoms with E-state index >= 15 is 0 Å². The summed E-state index contributed by atoms with van der Waals surface area (Å²) in [7, 11) is 0. The number of hydrogen-bond acceptors (Lipinski definition) is 3. The van der Waals surface area contributed by atoms with Crippen LogP contribution in [-0.4, -0.2) is 41.0 Å². The Labute approximate surface area is 121 Å². The maximum Gasteiger partial charge on any atom is 0.257 e. The summed E-state index contributed by atoms with van der Waals surface area (Å²) in [6.07, 6.45) is 1.17. The minimum absolute atomic E-state index is 0.113. The monoisotopic (exact) mass is 290 g/mol. The average molecular weight is 290 g/mol. The first-order valence-electron chi connectivity index (χ1n) is 6.54. The van der Waals surface area contributed by atoms with E-state index < -0.39 is 23.7 Å². The van der Waals surface area contributed by atoms with Gasteiger partial charge in [0.2, 0.25) is 5.91 Å². The van der Waals surface area contributed by atoms with E-state index in [-0.39, 0.29) is 12.2 Å². The third-order valence-electron chi connectivity index (χ3n) is 3.35. The van der Waals surface area contributed by atoms with Gasteiger partial charge in [0.1, 0.15) is 18.5 Å². The smallest absolute Gasteiger partial charge is 0.257 e. The standard InChI is InChI=1S/C15H15FN2O3/c16-12-9-10(3-2-8-19)5-6-11(12)15(21)18-7-1-4-13(18)14(17)20/h5-6,9,13,19H,1,4,7-8H2,(H2,17,20). The van der Waals surface area contributed by atoms with Gasteiger partial charge >= 0.3 is 0 Å². The summed E-state index contributed by atoms with van der Waals surface area (Å²) in [6, 6.07) is 3.28. The Morgan fingerprint density at radius 1 is 1.48 bits per heavy atom. The molecule has 1 heterocycles. The first kappa shape index (κ1) is 15.0. The molecule has 21 heavy (non-hydrogen) atoms. The summed E-state index contributed by atoms with van der Waals surface area (Å²) in [6.45, 7) is 0.0638. The van der Waals surface area contributed by atoms with Gasteiger partial charge in [0.15, 0.2) is 0 Å². The van der Waals surface area contributed by atoms with Crippen LogP contribution in [0.1, 0.15) is 28.8 Å². The molecule has 1 aromatic carbocycles. The molecule has 1 unspecified atom stereocenters. The fourth-order valence-electron chi connectivity index (χ4n) is 2.37. The molecular formula is C15H15FN2O3. The molecule has 3 N–H and O–H groups in total. The molecule has 1 saturated heterocycles. The molecule has 0 spiro atoms. The third-order valence-corrected chi connectivity index (χ3v) is 3.35. The summed E-state index contributed by atoms with van der Waals surface area (Å²) in [5.41, 5.74) is 5.51. The number of carbonyl (C=O) groups excluding carboxylic acids is 2. The Kier molecular flexibility index (Phi) is 4.55. The first-order valence-corrected chi connectivity index (χ1v) is 6.54. The van der Waals surface area contributed by atoms with Crippen molar-refractivity contribution in [1.29, 1.82) is 0 Å². The van der Waals surface area contributed by atoms with Gasteiger partial charge in [-0.2, -0.15) is 0 Å². The van der Waals surface area contributed by atoms with Crippen molar-refractivity contribution < 1.29 is 19.1 Å². The number of hydrogen-bond donors (Lipinski definition) is 2. The topological polar surface area (TPSA) is 83.6 Å². The summed E-state index contributed by atoms with van der Waals surface area (Å²) in [5.74, 6) is 3.13.